The molecule has 1 atom stereocenters. The van der Waals surface area contributed by atoms with E-state index in [4.69, 9.17) is 0 Å². The van der Waals surface area contributed by atoms with E-state index in [0.717, 1.165) is 70.4 Å². The molecule has 1 aliphatic heterocycles. The molecule has 1 aliphatic carbocycles. The smallest absolute Gasteiger partial charge is 0.163 e. The number of fused-ring (bicyclic) bond motifs is 1. The zero-order valence-corrected chi connectivity index (χ0v) is 26.0. The van der Waals surface area contributed by atoms with Crippen LogP contribution in [0.2, 0.25) is 0 Å². The molecule has 0 bridgehead atoms. The fourth-order valence-electron chi connectivity index (χ4n) is 7.12. The van der Waals surface area contributed by atoms with Gasteiger partial charge in [0.25, 0.3) is 0 Å². The quantitative estimate of drug-likeness (QED) is 0.212. The second-order valence-corrected chi connectivity index (χ2v) is 12.8. The van der Waals surface area contributed by atoms with Crippen molar-refractivity contribution in [2.45, 2.75) is 58.3 Å². The van der Waals surface area contributed by atoms with Crippen LogP contribution in [0, 0.1) is 19.8 Å². The summed E-state index contributed by atoms with van der Waals surface area (Å²) in [4.78, 5) is 18.5. The summed E-state index contributed by atoms with van der Waals surface area (Å²) < 4.78 is 0. The summed E-state index contributed by atoms with van der Waals surface area (Å²) in [5.74, 6) is 1.31. The van der Waals surface area contributed by atoms with E-state index in [1.165, 1.54) is 39.1 Å². The summed E-state index contributed by atoms with van der Waals surface area (Å²) >= 11 is 0. The average Bonchev–Trinajstić information content (AvgIpc) is 3.04. The zero-order valence-electron chi connectivity index (χ0n) is 26.0. The van der Waals surface area contributed by atoms with Crippen molar-refractivity contribution in [1.29, 1.82) is 0 Å². The van der Waals surface area contributed by atoms with E-state index >= 15 is 0 Å². The molecule has 43 heavy (non-hydrogen) atoms. The molecule has 222 valence electrons. The van der Waals surface area contributed by atoms with Crippen molar-refractivity contribution in [3.05, 3.63) is 136 Å². The lowest BCUT2D eigenvalue weighted by Gasteiger charge is -2.37. The van der Waals surface area contributed by atoms with Gasteiger partial charge in [0.05, 0.1) is 0 Å². The highest BCUT2D eigenvalue weighted by molar-refractivity contribution is 5.98. The van der Waals surface area contributed by atoms with Gasteiger partial charge in [0.15, 0.2) is 5.78 Å². The summed E-state index contributed by atoms with van der Waals surface area (Å²) in [5, 5.41) is 0. The minimum atomic E-state index is 0.327. The summed E-state index contributed by atoms with van der Waals surface area (Å²) in [7, 11) is 0. The van der Waals surface area contributed by atoms with Gasteiger partial charge in [-0.1, -0.05) is 84.9 Å². The van der Waals surface area contributed by atoms with Crippen molar-refractivity contribution in [2.75, 3.05) is 37.6 Å². The van der Waals surface area contributed by atoms with Crippen molar-refractivity contribution in [3.8, 4) is 0 Å². The van der Waals surface area contributed by atoms with Crippen molar-refractivity contribution >= 4 is 11.5 Å². The van der Waals surface area contributed by atoms with Crippen LogP contribution in [0.5, 0.6) is 0 Å². The topological polar surface area (TPSA) is 23.6 Å². The van der Waals surface area contributed by atoms with E-state index in [2.05, 4.69) is 121 Å². The first-order chi connectivity index (χ1) is 21.0. The second-order valence-electron chi connectivity index (χ2n) is 12.8. The highest BCUT2D eigenvalue weighted by Crippen LogP contribution is 2.31. The van der Waals surface area contributed by atoms with Gasteiger partial charge in [-0.25, -0.2) is 0 Å². The number of rotatable bonds is 8. The summed E-state index contributed by atoms with van der Waals surface area (Å²) in [5.41, 5.74) is 10.3. The Morgan fingerprint density at radius 3 is 2.07 bits per heavy atom. The number of anilines is 1. The molecule has 3 nitrogen and oxygen atoms in total. The van der Waals surface area contributed by atoms with E-state index < -0.39 is 0 Å². The van der Waals surface area contributed by atoms with Crippen molar-refractivity contribution < 1.29 is 4.79 Å². The number of carbonyl (C=O) groups excluding carboxylic acids is 1. The first kappa shape index (κ1) is 29.4. The third-order valence-electron chi connectivity index (χ3n) is 9.97. The van der Waals surface area contributed by atoms with Gasteiger partial charge >= 0.3 is 0 Å². The van der Waals surface area contributed by atoms with Crippen LogP contribution in [-0.2, 0) is 12.8 Å². The van der Waals surface area contributed by atoms with Crippen LogP contribution < -0.4 is 4.90 Å². The van der Waals surface area contributed by atoms with Gasteiger partial charge < -0.3 is 4.90 Å². The fraction of sp³-hybridized carbons (Fsp3) is 0.375. The van der Waals surface area contributed by atoms with Gasteiger partial charge in [-0.15, -0.1) is 0 Å². The van der Waals surface area contributed by atoms with Gasteiger partial charge in [-0.3, -0.25) is 9.69 Å². The Labute approximate surface area is 258 Å². The monoisotopic (exact) mass is 570 g/mol. The summed E-state index contributed by atoms with van der Waals surface area (Å²) in [6.45, 7) is 9.59. The number of carbonyl (C=O) groups is 1. The van der Waals surface area contributed by atoms with Crippen LogP contribution in [0.15, 0.2) is 97.1 Å². The van der Waals surface area contributed by atoms with Gasteiger partial charge in [0.1, 0.15) is 0 Å². The molecular weight excluding hydrogens is 524 g/mol. The Bertz CT molecular complexity index is 1470. The van der Waals surface area contributed by atoms with E-state index in [-0.39, 0.29) is 0 Å². The summed E-state index contributed by atoms with van der Waals surface area (Å²) in [6.07, 6.45) is 5.98. The molecule has 0 aromatic heterocycles. The number of hydrogen-bond acceptors (Lipinski definition) is 3. The predicted octanol–water partition coefficient (Wildman–Crippen LogP) is 8.42. The molecule has 1 fully saturated rings. The summed E-state index contributed by atoms with van der Waals surface area (Å²) in [6, 6.07) is 35.5. The maximum Gasteiger partial charge on any atom is 0.163 e. The zero-order chi connectivity index (χ0) is 29.6. The molecule has 1 unspecified atom stereocenters. The molecule has 4 aromatic rings. The number of aryl methyl sites for hydroxylation is 3. The van der Waals surface area contributed by atoms with Crippen LogP contribution in [-0.4, -0.2) is 43.4 Å². The molecule has 6 rings (SSSR count). The molecule has 3 heteroatoms. The SMILES string of the molecule is Cc1ccc(CC2CCC(=O)c3cc(N4CCN(CCC(c5ccccc5)c5ccccc5)CC4)ccc3CC2)cc1C. The molecule has 2 aliphatic rings. The van der Waals surface area contributed by atoms with E-state index in [0.29, 0.717) is 24.0 Å². The minimum Gasteiger partial charge on any atom is -0.369 e. The van der Waals surface area contributed by atoms with Crippen LogP contribution in [0.1, 0.15) is 75.3 Å². The first-order valence-electron chi connectivity index (χ1n) is 16.3. The standard InChI is InChI=1S/C40H46N2O/c1-30-13-14-33(27-31(30)2)28-32-15-17-36-18-19-37(29-39(36)40(43)20-16-32)42-25-23-41(24-26-42)22-21-38(34-9-5-3-6-10-34)35-11-7-4-8-12-35/h3-14,18-19,27,29,32,38H,15-17,20-26,28H2,1-2H3. The van der Waals surface area contributed by atoms with Gasteiger partial charge in [0, 0.05) is 49.8 Å². The Hall–Kier alpha value is -3.69. The second kappa shape index (κ2) is 13.7. The largest absolute Gasteiger partial charge is 0.369 e. The Balaban J connectivity index is 1.05. The average molecular weight is 571 g/mol. The predicted molar refractivity (Wildman–Crippen MR) is 179 cm³/mol. The molecular formula is C40H46N2O. The number of Topliss-reactive ketones (excluding diaryl/α,β-unsaturated/α-hetero) is 1. The molecule has 0 amide bonds. The molecule has 1 saturated heterocycles. The lowest BCUT2D eigenvalue weighted by molar-refractivity contribution is 0.0968. The number of piperazine rings is 1. The third kappa shape index (κ3) is 7.28. The molecule has 0 spiro atoms. The van der Waals surface area contributed by atoms with Crippen LogP contribution in [0.4, 0.5) is 5.69 Å². The number of benzene rings is 4. The maximum atomic E-state index is 13.4. The minimum absolute atomic E-state index is 0.327. The lowest BCUT2D eigenvalue weighted by atomic mass is 9.83. The number of nitrogens with zero attached hydrogens (tertiary/aromatic N) is 2. The molecule has 1 heterocycles. The molecule has 0 radical (unpaired) electrons. The normalized spacial score (nSPS) is 17.9. The Morgan fingerprint density at radius 1 is 0.721 bits per heavy atom. The third-order valence-corrected chi connectivity index (χ3v) is 9.97. The Morgan fingerprint density at radius 2 is 1.40 bits per heavy atom. The number of hydrogen-bond donors (Lipinski definition) is 0. The highest BCUT2D eigenvalue weighted by Gasteiger charge is 2.24. The van der Waals surface area contributed by atoms with Crippen LogP contribution in [0.25, 0.3) is 0 Å². The van der Waals surface area contributed by atoms with Gasteiger partial charge in [-0.05, 0) is 104 Å². The van der Waals surface area contributed by atoms with Crippen molar-refractivity contribution in [3.63, 3.8) is 0 Å². The molecule has 4 aromatic carbocycles. The van der Waals surface area contributed by atoms with Gasteiger partial charge in [-0.2, -0.15) is 0 Å². The first-order valence-corrected chi connectivity index (χ1v) is 16.3. The lowest BCUT2D eigenvalue weighted by Crippen LogP contribution is -2.46. The number of ketones is 1. The highest BCUT2D eigenvalue weighted by atomic mass is 16.1. The van der Waals surface area contributed by atoms with Crippen LogP contribution in [0.3, 0.4) is 0 Å². The van der Waals surface area contributed by atoms with Crippen molar-refractivity contribution in [1.82, 2.24) is 4.90 Å². The van der Waals surface area contributed by atoms with E-state index in [9.17, 15) is 4.79 Å². The Kier molecular flexibility index (Phi) is 9.39. The van der Waals surface area contributed by atoms with E-state index in [1.54, 1.807) is 0 Å². The molecule has 0 saturated carbocycles. The molecule has 0 N–H and O–H groups in total. The van der Waals surface area contributed by atoms with Crippen molar-refractivity contribution in [2.24, 2.45) is 5.92 Å². The fourth-order valence-corrected chi connectivity index (χ4v) is 7.12. The van der Waals surface area contributed by atoms with Gasteiger partial charge in [0.2, 0.25) is 0 Å². The van der Waals surface area contributed by atoms with E-state index in [1.807, 2.05) is 0 Å². The maximum absolute atomic E-state index is 13.4. The van der Waals surface area contributed by atoms with Crippen LogP contribution >= 0.6 is 0 Å².